The molecule has 1 aromatic carbocycles. The topological polar surface area (TPSA) is 19.0 Å². The Morgan fingerprint density at radius 1 is 1.05 bits per heavy atom. The molecule has 1 aromatic rings. The predicted octanol–water partition coefficient (Wildman–Crippen LogP) is 2.95. The van der Waals surface area contributed by atoms with Gasteiger partial charge in [-0.05, 0) is 26.0 Å². The van der Waals surface area contributed by atoms with Crippen molar-refractivity contribution < 1.29 is 4.74 Å². The van der Waals surface area contributed by atoms with Crippen LogP contribution in [0.4, 0.5) is 11.4 Å². The summed E-state index contributed by atoms with van der Waals surface area (Å²) >= 11 is 0. The molecule has 0 spiro atoms. The zero-order valence-electron chi connectivity index (χ0n) is 12.5. The Morgan fingerprint density at radius 2 is 1.74 bits per heavy atom. The van der Waals surface area contributed by atoms with E-state index in [1.807, 2.05) is 0 Å². The Kier molecular flexibility index (Phi) is 4.53. The highest BCUT2D eigenvalue weighted by molar-refractivity contribution is 5.74. The van der Waals surface area contributed by atoms with Crippen molar-refractivity contribution in [1.82, 2.24) is 5.01 Å². The second-order valence-corrected chi connectivity index (χ2v) is 4.61. The van der Waals surface area contributed by atoms with Gasteiger partial charge in [-0.25, -0.2) is 5.01 Å². The van der Waals surface area contributed by atoms with Gasteiger partial charge >= 0.3 is 0 Å². The van der Waals surface area contributed by atoms with Crippen molar-refractivity contribution in [3.63, 3.8) is 0 Å². The summed E-state index contributed by atoms with van der Waals surface area (Å²) in [5.74, 6) is 1.03. The second-order valence-electron chi connectivity index (χ2n) is 4.61. The van der Waals surface area contributed by atoms with Gasteiger partial charge in [0.15, 0.2) is 12.5 Å². The van der Waals surface area contributed by atoms with Gasteiger partial charge in [0, 0.05) is 26.2 Å². The van der Waals surface area contributed by atoms with Crippen LogP contribution in [0.2, 0.25) is 0 Å². The first-order chi connectivity index (χ1) is 9.26. The van der Waals surface area contributed by atoms with Crippen LogP contribution >= 0.6 is 0 Å². The van der Waals surface area contributed by atoms with Gasteiger partial charge in [-0.15, -0.1) is 0 Å². The van der Waals surface area contributed by atoms with Gasteiger partial charge in [0.25, 0.3) is 0 Å². The van der Waals surface area contributed by atoms with Gasteiger partial charge in [-0.3, -0.25) is 5.01 Å². The monoisotopic (exact) mass is 263 g/mol. The summed E-state index contributed by atoms with van der Waals surface area (Å²) in [5.41, 5.74) is 2.39. The second kappa shape index (κ2) is 6.15. The maximum absolute atomic E-state index is 5.95. The number of hydrazine groups is 1. The highest BCUT2D eigenvalue weighted by atomic mass is 16.5. The molecule has 0 radical (unpaired) electrons. The third-order valence-electron chi connectivity index (χ3n) is 3.76. The molecule has 19 heavy (non-hydrogen) atoms. The molecule has 4 nitrogen and oxygen atoms in total. The Balaban J connectivity index is 2.34. The maximum Gasteiger partial charge on any atom is 0.175 e. The number of rotatable bonds is 6. The van der Waals surface area contributed by atoms with E-state index in [2.05, 4.69) is 60.8 Å². The number of benzene rings is 1. The van der Waals surface area contributed by atoms with E-state index in [0.717, 1.165) is 31.9 Å². The van der Waals surface area contributed by atoms with Crippen LogP contribution in [0.15, 0.2) is 18.2 Å². The Bertz CT molecular complexity index is 414. The van der Waals surface area contributed by atoms with E-state index in [0.29, 0.717) is 6.73 Å². The van der Waals surface area contributed by atoms with Crippen molar-refractivity contribution in [2.24, 2.45) is 0 Å². The quantitative estimate of drug-likeness (QED) is 0.785. The van der Waals surface area contributed by atoms with Gasteiger partial charge < -0.3 is 9.64 Å². The van der Waals surface area contributed by atoms with Crippen LogP contribution in [0.3, 0.4) is 0 Å². The summed E-state index contributed by atoms with van der Waals surface area (Å²) in [7, 11) is 0. The van der Waals surface area contributed by atoms with Crippen molar-refractivity contribution in [3.05, 3.63) is 18.2 Å². The van der Waals surface area contributed by atoms with E-state index < -0.39 is 0 Å². The molecule has 1 aliphatic heterocycles. The summed E-state index contributed by atoms with van der Waals surface area (Å²) in [6.45, 7) is 13.3. The highest BCUT2D eigenvalue weighted by Crippen LogP contribution is 2.42. The van der Waals surface area contributed by atoms with E-state index in [1.165, 1.54) is 11.4 Å². The van der Waals surface area contributed by atoms with Gasteiger partial charge in [-0.1, -0.05) is 19.9 Å². The molecular weight excluding hydrogens is 238 g/mol. The Morgan fingerprint density at radius 3 is 2.32 bits per heavy atom. The minimum Gasteiger partial charge on any atom is -0.467 e. The first-order valence-corrected chi connectivity index (χ1v) is 7.29. The number of hydrogen-bond donors (Lipinski definition) is 0. The predicted molar refractivity (Wildman–Crippen MR) is 80.9 cm³/mol. The van der Waals surface area contributed by atoms with Crippen molar-refractivity contribution in [1.29, 1.82) is 0 Å². The maximum atomic E-state index is 5.95. The highest BCUT2D eigenvalue weighted by Gasteiger charge is 2.27. The molecule has 0 N–H and O–H groups in total. The zero-order chi connectivity index (χ0) is 13.8. The fourth-order valence-corrected chi connectivity index (χ4v) is 2.67. The van der Waals surface area contributed by atoms with Gasteiger partial charge in [0.1, 0.15) is 5.69 Å². The lowest BCUT2D eigenvalue weighted by molar-refractivity contribution is 0.221. The summed E-state index contributed by atoms with van der Waals surface area (Å²) in [5, 5.41) is 4.54. The van der Waals surface area contributed by atoms with E-state index in [1.54, 1.807) is 0 Å². The first kappa shape index (κ1) is 14.0. The minimum atomic E-state index is 0.620. The molecule has 0 amide bonds. The fourth-order valence-electron chi connectivity index (χ4n) is 2.67. The number of ether oxygens (including phenoxy) is 1. The third-order valence-corrected chi connectivity index (χ3v) is 3.76. The molecule has 0 fully saturated rings. The van der Waals surface area contributed by atoms with Crippen molar-refractivity contribution in [2.75, 3.05) is 42.8 Å². The Labute approximate surface area is 116 Å². The lowest BCUT2D eigenvalue weighted by Gasteiger charge is -2.30. The third kappa shape index (κ3) is 2.50. The van der Waals surface area contributed by atoms with E-state index in [-0.39, 0.29) is 0 Å². The molecule has 0 unspecified atom stereocenters. The molecule has 0 aromatic heterocycles. The van der Waals surface area contributed by atoms with E-state index in [4.69, 9.17) is 4.74 Å². The van der Waals surface area contributed by atoms with Crippen molar-refractivity contribution in [3.8, 4) is 5.75 Å². The molecule has 0 bridgehead atoms. The molecule has 106 valence electrons. The molecular formula is C15H25N3O. The molecule has 1 aliphatic rings. The zero-order valence-corrected chi connectivity index (χ0v) is 12.5. The number of anilines is 2. The average Bonchev–Trinajstić information content (AvgIpc) is 2.87. The van der Waals surface area contributed by atoms with Crippen LogP contribution in [0.25, 0.3) is 0 Å². The normalized spacial score (nSPS) is 13.6. The van der Waals surface area contributed by atoms with Crippen molar-refractivity contribution in [2.45, 2.75) is 27.7 Å². The summed E-state index contributed by atoms with van der Waals surface area (Å²) < 4.78 is 5.95. The number of hydrogen-bond acceptors (Lipinski definition) is 4. The SMILES string of the molecule is CCN(CC)c1cccc2c1OCN2N(CC)CC. The lowest BCUT2D eigenvalue weighted by Crippen LogP contribution is -2.42. The number of fused-ring (bicyclic) bond motifs is 1. The first-order valence-electron chi connectivity index (χ1n) is 7.29. The van der Waals surface area contributed by atoms with Gasteiger partial charge in [0.2, 0.25) is 0 Å². The molecule has 1 heterocycles. The molecule has 0 saturated heterocycles. The van der Waals surface area contributed by atoms with Crippen LogP contribution in [-0.2, 0) is 0 Å². The Hall–Kier alpha value is -1.42. The van der Waals surface area contributed by atoms with E-state index >= 15 is 0 Å². The summed E-state index contributed by atoms with van der Waals surface area (Å²) in [4.78, 5) is 2.34. The average molecular weight is 263 g/mol. The lowest BCUT2D eigenvalue weighted by atomic mass is 10.2. The van der Waals surface area contributed by atoms with Crippen LogP contribution in [0.5, 0.6) is 5.75 Å². The molecule has 2 rings (SSSR count). The smallest absolute Gasteiger partial charge is 0.175 e. The number of para-hydroxylation sites is 1. The largest absolute Gasteiger partial charge is 0.467 e. The van der Waals surface area contributed by atoms with Crippen LogP contribution in [-0.4, -0.2) is 37.9 Å². The molecule has 4 heteroatoms. The molecule has 0 aliphatic carbocycles. The standard InChI is InChI=1S/C15H25N3O/c1-5-16(6-2)13-10-9-11-14-15(13)19-12-18(14)17(7-3)8-4/h9-11H,5-8,12H2,1-4H3. The van der Waals surface area contributed by atoms with Gasteiger partial charge in [-0.2, -0.15) is 0 Å². The molecule has 0 saturated carbocycles. The minimum absolute atomic E-state index is 0.620. The summed E-state index contributed by atoms with van der Waals surface area (Å²) in [6, 6.07) is 6.42. The summed E-state index contributed by atoms with van der Waals surface area (Å²) in [6.07, 6.45) is 0. The molecule has 0 atom stereocenters. The van der Waals surface area contributed by atoms with E-state index in [9.17, 15) is 0 Å². The van der Waals surface area contributed by atoms with Crippen LogP contribution in [0, 0.1) is 0 Å². The van der Waals surface area contributed by atoms with Crippen LogP contribution in [0.1, 0.15) is 27.7 Å². The fraction of sp³-hybridized carbons (Fsp3) is 0.600. The number of nitrogens with zero attached hydrogens (tertiary/aromatic N) is 3. The van der Waals surface area contributed by atoms with Gasteiger partial charge in [0.05, 0.1) is 5.69 Å². The van der Waals surface area contributed by atoms with Crippen LogP contribution < -0.4 is 14.6 Å². The van der Waals surface area contributed by atoms with Crippen molar-refractivity contribution >= 4 is 11.4 Å².